The molecule has 0 amide bonds. The molecule has 0 aliphatic rings. The van der Waals surface area contributed by atoms with E-state index in [-0.39, 0.29) is 15.7 Å². The standard InChI is InChI=1S/C7H5BBrFO/c1-3-2-4(8)6(10)5(9)7(3)11/h2,11H,1H3. The van der Waals surface area contributed by atoms with Crippen molar-refractivity contribution in [1.82, 2.24) is 0 Å². The first kappa shape index (κ1) is 8.59. The fourth-order valence-corrected chi connectivity index (χ4v) is 1.31. The molecule has 0 aliphatic carbocycles. The van der Waals surface area contributed by atoms with Gasteiger partial charge in [-0.1, -0.05) is 11.5 Å². The highest BCUT2D eigenvalue weighted by Crippen LogP contribution is 2.28. The molecular formula is C7H5BBrFO. The summed E-state index contributed by atoms with van der Waals surface area (Å²) in [5.74, 6) is -0.718. The minimum atomic E-state index is -0.617. The molecule has 0 saturated heterocycles. The molecule has 0 saturated carbocycles. The summed E-state index contributed by atoms with van der Waals surface area (Å²) in [6, 6.07) is 1.38. The Bertz CT molecular complexity index is 275. The average molecular weight is 215 g/mol. The summed E-state index contributed by atoms with van der Waals surface area (Å²) in [6.07, 6.45) is 0. The molecule has 1 aromatic rings. The van der Waals surface area contributed by atoms with Crippen molar-refractivity contribution in [1.29, 1.82) is 0 Å². The highest BCUT2D eigenvalue weighted by molar-refractivity contribution is 9.10. The normalized spacial score (nSPS) is 10.1. The number of rotatable bonds is 0. The van der Waals surface area contributed by atoms with Gasteiger partial charge in [-0.15, -0.1) is 0 Å². The zero-order valence-electron chi connectivity index (χ0n) is 5.86. The highest BCUT2D eigenvalue weighted by Gasteiger charge is 2.09. The minimum Gasteiger partial charge on any atom is -0.506 e. The first-order chi connectivity index (χ1) is 5.04. The van der Waals surface area contributed by atoms with Gasteiger partial charge in [-0.3, -0.25) is 0 Å². The molecule has 1 rings (SSSR count). The second-order valence-electron chi connectivity index (χ2n) is 2.26. The molecule has 0 aliphatic heterocycles. The van der Waals surface area contributed by atoms with Crippen LogP contribution in [0.4, 0.5) is 4.39 Å². The molecule has 1 N–H and O–H groups in total. The zero-order valence-corrected chi connectivity index (χ0v) is 7.44. The summed E-state index contributed by atoms with van der Waals surface area (Å²) in [6.45, 7) is 1.65. The summed E-state index contributed by atoms with van der Waals surface area (Å²) in [7, 11) is 5.27. The van der Waals surface area contributed by atoms with Gasteiger partial charge in [-0.05, 0) is 28.4 Å². The quantitative estimate of drug-likeness (QED) is 0.648. The van der Waals surface area contributed by atoms with Crippen molar-refractivity contribution < 1.29 is 9.50 Å². The number of aryl methyl sites for hydroxylation is 1. The van der Waals surface area contributed by atoms with E-state index in [9.17, 15) is 4.39 Å². The Morgan fingerprint density at radius 2 is 2.18 bits per heavy atom. The third-order valence-corrected chi connectivity index (χ3v) is 2.12. The van der Waals surface area contributed by atoms with E-state index in [4.69, 9.17) is 13.0 Å². The van der Waals surface area contributed by atoms with Gasteiger partial charge < -0.3 is 5.11 Å². The Morgan fingerprint density at radius 1 is 1.64 bits per heavy atom. The predicted molar refractivity (Wildman–Crippen MR) is 45.9 cm³/mol. The van der Waals surface area contributed by atoms with E-state index >= 15 is 0 Å². The summed E-state index contributed by atoms with van der Waals surface area (Å²) >= 11 is 2.88. The lowest BCUT2D eigenvalue weighted by Crippen LogP contribution is -2.09. The number of benzene rings is 1. The van der Waals surface area contributed by atoms with Crippen molar-refractivity contribution in [3.8, 4) is 5.75 Å². The summed E-state index contributed by atoms with van der Waals surface area (Å²) in [5, 5.41) is 9.17. The van der Waals surface area contributed by atoms with Crippen molar-refractivity contribution >= 4 is 29.2 Å². The molecule has 0 spiro atoms. The molecule has 0 unspecified atom stereocenters. The predicted octanol–water partition coefficient (Wildman–Crippen LogP) is 1.40. The Labute approximate surface area is 73.8 Å². The number of hydrogen-bond donors (Lipinski definition) is 1. The van der Waals surface area contributed by atoms with Gasteiger partial charge in [-0.2, -0.15) is 0 Å². The molecule has 4 heteroatoms. The van der Waals surface area contributed by atoms with E-state index in [2.05, 4.69) is 15.9 Å². The SMILES string of the molecule is [B]c1cc(C)c(O)c(Br)c1F. The van der Waals surface area contributed by atoms with E-state index in [0.29, 0.717) is 5.56 Å². The molecule has 0 fully saturated rings. The largest absolute Gasteiger partial charge is 0.506 e. The van der Waals surface area contributed by atoms with Crippen LogP contribution in [0.3, 0.4) is 0 Å². The van der Waals surface area contributed by atoms with E-state index in [1.54, 1.807) is 6.92 Å². The maximum atomic E-state index is 12.8. The summed E-state index contributed by atoms with van der Waals surface area (Å²) in [4.78, 5) is 0. The Morgan fingerprint density at radius 3 is 2.73 bits per heavy atom. The second-order valence-corrected chi connectivity index (χ2v) is 3.05. The van der Waals surface area contributed by atoms with Gasteiger partial charge in [0.05, 0.1) is 4.47 Å². The van der Waals surface area contributed by atoms with Crippen molar-refractivity contribution in [2.45, 2.75) is 6.92 Å². The number of hydrogen-bond acceptors (Lipinski definition) is 1. The van der Waals surface area contributed by atoms with E-state index < -0.39 is 5.82 Å². The molecule has 0 heterocycles. The molecule has 0 aromatic heterocycles. The van der Waals surface area contributed by atoms with Crippen LogP contribution in [0.25, 0.3) is 0 Å². The van der Waals surface area contributed by atoms with Crippen LogP contribution in [-0.2, 0) is 0 Å². The van der Waals surface area contributed by atoms with Gasteiger partial charge in [0.25, 0.3) is 0 Å². The molecule has 0 bridgehead atoms. The van der Waals surface area contributed by atoms with Crippen molar-refractivity contribution in [2.75, 3.05) is 0 Å². The zero-order chi connectivity index (χ0) is 8.59. The molecule has 2 radical (unpaired) electrons. The second kappa shape index (κ2) is 2.85. The van der Waals surface area contributed by atoms with E-state index in [0.717, 1.165) is 0 Å². The third kappa shape index (κ3) is 1.40. The lowest BCUT2D eigenvalue weighted by atomic mass is 9.93. The molecule has 56 valence electrons. The molecule has 11 heavy (non-hydrogen) atoms. The smallest absolute Gasteiger partial charge is 0.135 e. The highest BCUT2D eigenvalue weighted by atomic mass is 79.9. The van der Waals surface area contributed by atoms with Crippen LogP contribution in [-0.4, -0.2) is 13.0 Å². The van der Waals surface area contributed by atoms with Gasteiger partial charge in [-0.25, -0.2) is 4.39 Å². The van der Waals surface area contributed by atoms with Gasteiger partial charge >= 0.3 is 0 Å². The minimum absolute atomic E-state index is 0.0231. The maximum Gasteiger partial charge on any atom is 0.135 e. The topological polar surface area (TPSA) is 20.2 Å². The maximum absolute atomic E-state index is 12.8. The van der Waals surface area contributed by atoms with Crippen LogP contribution in [0.5, 0.6) is 5.75 Å². The molecular weight excluding hydrogens is 210 g/mol. The Hall–Kier alpha value is -0.505. The van der Waals surface area contributed by atoms with Crippen LogP contribution in [0.1, 0.15) is 5.56 Å². The summed E-state index contributed by atoms with van der Waals surface area (Å²) < 4.78 is 12.9. The third-order valence-electron chi connectivity index (χ3n) is 1.40. The fourth-order valence-electron chi connectivity index (χ4n) is 0.769. The first-order valence-electron chi connectivity index (χ1n) is 2.97. The molecule has 0 atom stereocenters. The Balaban J connectivity index is 3.46. The van der Waals surface area contributed by atoms with Crippen LogP contribution in [0.15, 0.2) is 10.5 Å². The number of phenols is 1. The number of phenolic OH excluding ortho intramolecular Hbond substituents is 1. The van der Waals surface area contributed by atoms with Gasteiger partial charge in [0.15, 0.2) is 0 Å². The van der Waals surface area contributed by atoms with Crippen LogP contribution in [0, 0.1) is 12.7 Å². The van der Waals surface area contributed by atoms with Crippen molar-refractivity contribution in [3.05, 3.63) is 21.9 Å². The Kier molecular flexibility index (Phi) is 2.23. The van der Waals surface area contributed by atoms with Crippen LogP contribution >= 0.6 is 15.9 Å². The lowest BCUT2D eigenvalue weighted by molar-refractivity contribution is 0.461. The van der Waals surface area contributed by atoms with Crippen LogP contribution < -0.4 is 5.46 Å². The first-order valence-corrected chi connectivity index (χ1v) is 3.76. The van der Waals surface area contributed by atoms with E-state index in [1.165, 1.54) is 6.07 Å². The average Bonchev–Trinajstić information content (AvgIpc) is 1.97. The summed E-state index contributed by atoms with van der Waals surface area (Å²) in [5.41, 5.74) is 0.586. The number of aromatic hydroxyl groups is 1. The van der Waals surface area contributed by atoms with Gasteiger partial charge in [0.1, 0.15) is 19.4 Å². The van der Waals surface area contributed by atoms with Crippen molar-refractivity contribution in [2.24, 2.45) is 0 Å². The van der Waals surface area contributed by atoms with E-state index in [1.807, 2.05) is 0 Å². The van der Waals surface area contributed by atoms with Crippen LogP contribution in [0.2, 0.25) is 0 Å². The molecule has 1 aromatic carbocycles. The fraction of sp³-hybridized carbons (Fsp3) is 0.143. The van der Waals surface area contributed by atoms with Gasteiger partial charge in [0, 0.05) is 0 Å². The monoisotopic (exact) mass is 214 g/mol. The number of halogens is 2. The van der Waals surface area contributed by atoms with Crippen molar-refractivity contribution in [3.63, 3.8) is 0 Å². The lowest BCUT2D eigenvalue weighted by Gasteiger charge is -2.05. The molecule has 1 nitrogen and oxygen atoms in total. The van der Waals surface area contributed by atoms with Gasteiger partial charge in [0.2, 0.25) is 0 Å².